The van der Waals surface area contributed by atoms with Crippen molar-refractivity contribution in [1.29, 1.82) is 0 Å². The molecule has 0 saturated carbocycles. The number of benzene rings is 2. The molecule has 0 atom stereocenters. The number of carbonyl (C=O) groups excluding carboxylic acids is 6. The molecule has 354 valence electrons. The van der Waals surface area contributed by atoms with E-state index in [-0.39, 0.29) is 52.4 Å². The minimum Gasteiger partial charge on any atom is -0.530 e. The molecule has 24 nitrogen and oxygen atoms in total. The van der Waals surface area contributed by atoms with E-state index >= 15 is 0 Å². The van der Waals surface area contributed by atoms with Crippen LogP contribution in [-0.2, 0) is 26.2 Å². The molecule has 8 amide bonds. The molecule has 4 rings (SSSR count). The minimum atomic E-state index is -1.86. The van der Waals surface area contributed by atoms with E-state index in [4.69, 9.17) is 0 Å². The van der Waals surface area contributed by atoms with Gasteiger partial charge in [0, 0.05) is 64.8 Å². The predicted octanol–water partition coefficient (Wildman–Crippen LogP) is -2.37. The van der Waals surface area contributed by atoms with Crippen LogP contribution in [0.15, 0.2) is 92.2 Å². The molecule has 2 aromatic heterocycles. The third-order valence-electron chi connectivity index (χ3n) is 9.97. The number of aliphatic hydroxyl groups excluding tert-OH is 2. The zero-order valence-corrected chi connectivity index (χ0v) is 35.7. The van der Waals surface area contributed by atoms with Crippen LogP contribution in [-0.4, -0.2) is 137 Å². The van der Waals surface area contributed by atoms with Gasteiger partial charge in [-0.05, 0) is 24.0 Å². The second-order valence-electron chi connectivity index (χ2n) is 14.6. The molecule has 0 aliphatic heterocycles. The third-order valence-corrected chi connectivity index (χ3v) is 9.97. The Morgan fingerprint density at radius 2 is 0.909 bits per heavy atom. The maximum atomic E-state index is 13.1. The lowest BCUT2D eigenvalue weighted by Gasteiger charge is -2.24. The van der Waals surface area contributed by atoms with E-state index in [0.717, 1.165) is 21.5 Å². The Morgan fingerprint density at radius 3 is 1.24 bits per heavy atom. The Morgan fingerprint density at radius 1 is 0.545 bits per heavy atom. The topological polar surface area (TPSA) is 336 Å². The normalized spacial score (nSPS) is 10.8. The van der Waals surface area contributed by atoms with Gasteiger partial charge in [0.25, 0.3) is 22.9 Å². The lowest BCUT2D eigenvalue weighted by Crippen LogP contribution is -2.47. The minimum absolute atomic E-state index is 0.126. The zero-order chi connectivity index (χ0) is 48.2. The van der Waals surface area contributed by atoms with Crippen LogP contribution in [0.2, 0.25) is 0 Å². The predicted molar refractivity (Wildman–Crippen MR) is 229 cm³/mol. The lowest BCUT2D eigenvalue weighted by atomic mass is 10.2. The van der Waals surface area contributed by atoms with Gasteiger partial charge in [0.05, 0.1) is 26.3 Å². The van der Waals surface area contributed by atoms with Gasteiger partial charge in [-0.3, -0.25) is 48.1 Å². The molecule has 0 radical (unpaired) electrons. The standard InChI is InChI=1S/C42H52N10O14/c53-23-21-47(17-19-49-27-31(33(55)45-39(49)61)35(57)51(41(63)64)25-29-11-5-3-6-12-29)37(59)43-15-9-1-2-10-16-44-38(60)48(22-24-54)18-20-50-28-32(34(56)46-40(50)62)36(58)52(42(65)66)26-30-13-7-4-8-14-30/h3-8,11-14,27-28,53-54H,1-2,9-10,15-26H2,(H,43,59)(H,44,60)(H,63,64)(H,65,66)(H,45,55,61)(H,46,56,62)/p-2. The highest BCUT2D eigenvalue weighted by Crippen LogP contribution is 2.10. The van der Waals surface area contributed by atoms with Crippen molar-refractivity contribution >= 4 is 36.1 Å². The number of amides is 8. The summed E-state index contributed by atoms with van der Waals surface area (Å²) in [6, 6.07) is 15.0. The number of nitrogens with one attached hydrogen (secondary N) is 4. The van der Waals surface area contributed by atoms with Gasteiger partial charge in [-0.1, -0.05) is 73.5 Å². The maximum Gasteiger partial charge on any atom is 0.328 e. The summed E-state index contributed by atoms with van der Waals surface area (Å²) < 4.78 is 1.86. The molecule has 0 unspecified atom stereocenters. The highest BCUT2D eigenvalue weighted by Gasteiger charge is 2.24. The number of rotatable bonds is 23. The van der Waals surface area contributed by atoms with E-state index in [1.165, 1.54) is 9.80 Å². The second kappa shape index (κ2) is 25.4. The number of carboxylic acid groups (broad SMARTS) is 2. The van der Waals surface area contributed by atoms with E-state index < -0.39 is 96.0 Å². The van der Waals surface area contributed by atoms with Gasteiger partial charge >= 0.3 is 23.4 Å². The molecular weight excluding hydrogens is 869 g/mol. The van der Waals surface area contributed by atoms with Gasteiger partial charge in [0.1, 0.15) is 23.3 Å². The number of carbonyl (C=O) groups is 6. The summed E-state index contributed by atoms with van der Waals surface area (Å²) in [7, 11) is 0. The first-order valence-electron chi connectivity index (χ1n) is 20.7. The number of H-pyrrole nitrogens is 2. The van der Waals surface area contributed by atoms with E-state index in [0.29, 0.717) is 46.6 Å². The quantitative estimate of drug-likeness (QED) is 0.0424. The van der Waals surface area contributed by atoms with Crippen molar-refractivity contribution in [2.45, 2.75) is 51.9 Å². The Hall–Kier alpha value is -7.86. The molecule has 0 saturated heterocycles. The first kappa shape index (κ1) is 50.8. The van der Waals surface area contributed by atoms with Crippen LogP contribution in [0.4, 0.5) is 19.2 Å². The van der Waals surface area contributed by atoms with Crippen LogP contribution in [0, 0.1) is 0 Å². The van der Waals surface area contributed by atoms with Gasteiger partial charge in [-0.25, -0.2) is 19.2 Å². The van der Waals surface area contributed by atoms with Crippen LogP contribution in [0.3, 0.4) is 0 Å². The van der Waals surface area contributed by atoms with E-state index in [1.54, 1.807) is 60.7 Å². The van der Waals surface area contributed by atoms with Gasteiger partial charge < -0.3 is 50.4 Å². The van der Waals surface area contributed by atoms with Crippen LogP contribution in [0.25, 0.3) is 0 Å². The fourth-order valence-corrected chi connectivity index (χ4v) is 6.46. The average Bonchev–Trinajstić information content (AvgIpc) is 3.29. The van der Waals surface area contributed by atoms with Crippen LogP contribution in [0.5, 0.6) is 0 Å². The number of hydrogen-bond donors (Lipinski definition) is 6. The number of imide groups is 2. The molecule has 4 aromatic rings. The summed E-state index contributed by atoms with van der Waals surface area (Å²) >= 11 is 0. The molecule has 2 aromatic carbocycles. The monoisotopic (exact) mass is 918 g/mol. The number of urea groups is 2. The second-order valence-corrected chi connectivity index (χ2v) is 14.6. The molecule has 6 N–H and O–H groups in total. The van der Waals surface area contributed by atoms with Gasteiger partial charge in [0.2, 0.25) is 0 Å². The number of hydrogen-bond acceptors (Lipinski definition) is 14. The largest absolute Gasteiger partial charge is 0.530 e. The molecule has 2 heterocycles. The average molecular weight is 919 g/mol. The van der Waals surface area contributed by atoms with E-state index in [1.807, 2.05) is 9.97 Å². The highest BCUT2D eigenvalue weighted by atomic mass is 16.4. The molecular formula is C42H50N10O14-2. The van der Waals surface area contributed by atoms with Crippen molar-refractivity contribution in [3.8, 4) is 0 Å². The summed E-state index contributed by atoms with van der Waals surface area (Å²) in [6.07, 6.45) is 0.380. The number of aromatic nitrogens is 4. The lowest BCUT2D eigenvalue weighted by molar-refractivity contribution is -0.263. The summed E-state index contributed by atoms with van der Waals surface area (Å²) in [5.74, 6) is -2.44. The number of aliphatic hydroxyl groups is 2. The molecule has 0 aliphatic carbocycles. The third kappa shape index (κ3) is 14.9. The van der Waals surface area contributed by atoms with Gasteiger partial charge in [-0.2, -0.15) is 0 Å². The Labute approximate surface area is 375 Å². The van der Waals surface area contributed by atoms with Crippen molar-refractivity contribution in [2.75, 3.05) is 52.5 Å². The number of nitrogens with zero attached hydrogens (tertiary/aromatic N) is 6. The Balaban J connectivity index is 1.21. The highest BCUT2D eigenvalue weighted by molar-refractivity contribution is 6.02. The van der Waals surface area contributed by atoms with Crippen molar-refractivity contribution in [2.24, 2.45) is 0 Å². The fourth-order valence-electron chi connectivity index (χ4n) is 6.46. The molecule has 66 heavy (non-hydrogen) atoms. The number of aromatic amines is 2. The fraction of sp³-hybridized carbons (Fsp3) is 0.381. The molecule has 0 spiro atoms. The smallest absolute Gasteiger partial charge is 0.328 e. The van der Waals surface area contributed by atoms with Crippen LogP contribution < -0.4 is 43.3 Å². The summed E-state index contributed by atoms with van der Waals surface area (Å²) in [4.78, 5) is 133. The summed E-state index contributed by atoms with van der Waals surface area (Å²) in [5, 5.41) is 48.2. The van der Waals surface area contributed by atoms with Crippen molar-refractivity contribution in [1.82, 2.24) is 49.3 Å². The molecule has 0 fully saturated rings. The first-order valence-corrected chi connectivity index (χ1v) is 20.7. The van der Waals surface area contributed by atoms with Gasteiger partial charge in [0.15, 0.2) is 0 Å². The van der Waals surface area contributed by atoms with E-state index in [9.17, 15) is 68.4 Å². The maximum absolute atomic E-state index is 13.1. The molecule has 24 heteroatoms. The molecule has 0 aliphatic rings. The van der Waals surface area contributed by atoms with Crippen molar-refractivity contribution in [3.63, 3.8) is 0 Å². The molecule has 0 bridgehead atoms. The zero-order valence-electron chi connectivity index (χ0n) is 35.7. The SMILES string of the molecule is O=C(NCCCCCCNC(=O)N(CCO)CCn1cc(C(=O)N(Cc2ccccc2)C(=O)[O-])c(=O)[nH]c1=O)N(CCO)CCn1cc(C(=O)N(Cc2ccccc2)C(=O)[O-])c(=O)[nH]c1=O. The van der Waals surface area contributed by atoms with Gasteiger partial charge in [-0.15, -0.1) is 0 Å². The Kier molecular flexibility index (Phi) is 19.6. The summed E-state index contributed by atoms with van der Waals surface area (Å²) in [6.45, 7) is -2.23. The van der Waals surface area contributed by atoms with Crippen molar-refractivity contribution in [3.05, 3.63) is 137 Å². The Bertz CT molecular complexity index is 2370. The summed E-state index contributed by atoms with van der Waals surface area (Å²) in [5.41, 5.74) is -4.48. The van der Waals surface area contributed by atoms with E-state index in [2.05, 4.69) is 10.6 Å². The van der Waals surface area contributed by atoms with Crippen LogP contribution >= 0.6 is 0 Å². The van der Waals surface area contributed by atoms with Crippen LogP contribution in [0.1, 0.15) is 57.5 Å². The first-order chi connectivity index (χ1) is 31.6. The number of unbranched alkanes of at least 4 members (excludes halogenated alkanes) is 3. The van der Waals surface area contributed by atoms with Crippen molar-refractivity contribution < 1.29 is 49.2 Å².